The molecule has 0 saturated heterocycles. The Labute approximate surface area is 186 Å². The van der Waals surface area contributed by atoms with Gasteiger partial charge in [-0.05, 0) is 31.3 Å². The van der Waals surface area contributed by atoms with Crippen molar-refractivity contribution < 1.29 is 14.3 Å². The van der Waals surface area contributed by atoms with Crippen LogP contribution in [0.3, 0.4) is 0 Å². The number of likely N-dealkylation sites (N-methyl/N-ethyl adjacent to an activating group) is 1. The predicted molar refractivity (Wildman–Crippen MR) is 123 cm³/mol. The number of aryl methyl sites for hydroxylation is 1. The minimum Gasteiger partial charge on any atom is -0.495 e. The molecule has 0 fully saturated rings. The maximum absolute atomic E-state index is 13.4. The Kier molecular flexibility index (Phi) is 8.45. The summed E-state index contributed by atoms with van der Waals surface area (Å²) in [5.41, 5.74) is 1.21. The fraction of sp³-hybridized carbons (Fsp3) is 0.450. The fourth-order valence-electron chi connectivity index (χ4n) is 3.18. The van der Waals surface area contributed by atoms with Crippen LogP contribution >= 0.6 is 23.7 Å². The number of halogens is 1. The second-order valence-corrected chi connectivity index (χ2v) is 7.45. The lowest BCUT2D eigenvalue weighted by Crippen LogP contribution is -2.39. The van der Waals surface area contributed by atoms with E-state index in [1.165, 1.54) is 11.3 Å². The van der Waals surface area contributed by atoms with Crippen molar-refractivity contribution in [2.75, 3.05) is 45.3 Å². The highest BCUT2D eigenvalue weighted by Gasteiger charge is 2.25. The number of rotatable bonds is 9. The van der Waals surface area contributed by atoms with E-state index < -0.39 is 0 Å². The molecule has 0 radical (unpaired) electrons. The Hall–Kier alpha value is -2.36. The van der Waals surface area contributed by atoms with E-state index in [-0.39, 0.29) is 18.3 Å². The van der Waals surface area contributed by atoms with Crippen LogP contribution in [-0.4, -0.2) is 66.0 Å². The van der Waals surface area contributed by atoms with E-state index in [1.807, 2.05) is 12.1 Å². The zero-order valence-corrected chi connectivity index (χ0v) is 19.5. The average molecular weight is 454 g/mol. The van der Waals surface area contributed by atoms with E-state index in [4.69, 9.17) is 14.5 Å². The van der Waals surface area contributed by atoms with E-state index in [2.05, 4.69) is 23.8 Å². The minimum atomic E-state index is -0.130. The lowest BCUT2D eigenvalue weighted by atomic mass is 10.3. The number of fused-ring (bicyclic) bond motifs is 1. The van der Waals surface area contributed by atoms with Gasteiger partial charge in [0.25, 0.3) is 5.91 Å². The van der Waals surface area contributed by atoms with Crippen molar-refractivity contribution in [3.05, 3.63) is 30.1 Å². The van der Waals surface area contributed by atoms with E-state index >= 15 is 0 Å². The molecule has 2 aromatic heterocycles. The summed E-state index contributed by atoms with van der Waals surface area (Å²) in [6.45, 7) is 7.35. The molecule has 0 aliphatic heterocycles. The molecule has 0 aliphatic carbocycles. The van der Waals surface area contributed by atoms with E-state index in [1.54, 1.807) is 43.1 Å². The Morgan fingerprint density at radius 1 is 1.10 bits per heavy atom. The predicted octanol–water partition coefficient (Wildman–Crippen LogP) is 3.46. The summed E-state index contributed by atoms with van der Waals surface area (Å²) in [7, 11) is 5.00. The normalized spacial score (nSPS) is 10.9. The number of nitrogens with zero attached hydrogens (tertiary/aromatic N) is 5. The summed E-state index contributed by atoms with van der Waals surface area (Å²) in [6.07, 6.45) is 1.63. The maximum atomic E-state index is 13.4. The third-order valence-corrected chi connectivity index (χ3v) is 6.04. The molecule has 0 N–H and O–H groups in total. The maximum Gasteiger partial charge on any atom is 0.278 e. The number of aromatic nitrogens is 3. The van der Waals surface area contributed by atoms with Gasteiger partial charge in [-0.2, -0.15) is 5.10 Å². The molecule has 0 saturated carbocycles. The monoisotopic (exact) mass is 453 g/mol. The number of ether oxygens (including phenoxy) is 2. The number of carbonyl (C=O) groups is 1. The van der Waals surface area contributed by atoms with Gasteiger partial charge in [0.1, 0.15) is 27.4 Å². The zero-order chi connectivity index (χ0) is 21.0. The second-order valence-electron chi connectivity index (χ2n) is 6.47. The van der Waals surface area contributed by atoms with Gasteiger partial charge in [-0.15, -0.1) is 12.4 Å². The number of hydrogen-bond acceptors (Lipinski definition) is 7. The van der Waals surface area contributed by atoms with Gasteiger partial charge < -0.3 is 14.4 Å². The van der Waals surface area contributed by atoms with Gasteiger partial charge in [0.2, 0.25) is 0 Å². The third-order valence-electron chi connectivity index (χ3n) is 4.95. The van der Waals surface area contributed by atoms with Crippen molar-refractivity contribution in [3.8, 4) is 11.5 Å². The molecule has 30 heavy (non-hydrogen) atoms. The van der Waals surface area contributed by atoms with Gasteiger partial charge in [-0.3, -0.25) is 14.4 Å². The van der Waals surface area contributed by atoms with Crippen molar-refractivity contribution in [2.24, 2.45) is 7.05 Å². The van der Waals surface area contributed by atoms with Crippen LogP contribution in [0.2, 0.25) is 0 Å². The molecule has 1 aromatic carbocycles. The zero-order valence-electron chi connectivity index (χ0n) is 17.9. The molecular formula is C20H28ClN5O3S. The average Bonchev–Trinajstić information content (AvgIpc) is 3.36. The Morgan fingerprint density at radius 3 is 2.33 bits per heavy atom. The topological polar surface area (TPSA) is 72.7 Å². The smallest absolute Gasteiger partial charge is 0.278 e. The van der Waals surface area contributed by atoms with Crippen LogP contribution < -0.4 is 14.4 Å². The fourth-order valence-corrected chi connectivity index (χ4v) is 4.28. The van der Waals surface area contributed by atoms with Crippen molar-refractivity contribution in [1.29, 1.82) is 0 Å². The van der Waals surface area contributed by atoms with Crippen LogP contribution in [-0.2, 0) is 7.05 Å². The van der Waals surface area contributed by atoms with E-state index in [0.29, 0.717) is 34.4 Å². The van der Waals surface area contributed by atoms with Gasteiger partial charge in [0.15, 0.2) is 5.13 Å². The Balaban J connectivity index is 0.00000320. The Morgan fingerprint density at radius 2 is 1.77 bits per heavy atom. The summed E-state index contributed by atoms with van der Waals surface area (Å²) in [5.74, 6) is 1.23. The van der Waals surface area contributed by atoms with Crippen LogP contribution in [0.4, 0.5) is 5.13 Å². The number of amides is 1. The van der Waals surface area contributed by atoms with Gasteiger partial charge >= 0.3 is 0 Å². The largest absolute Gasteiger partial charge is 0.495 e. The van der Waals surface area contributed by atoms with Crippen LogP contribution in [0.25, 0.3) is 10.2 Å². The number of carbonyl (C=O) groups excluding carboxylic acids is 1. The van der Waals surface area contributed by atoms with Crippen LogP contribution in [0.1, 0.15) is 24.3 Å². The summed E-state index contributed by atoms with van der Waals surface area (Å²) in [4.78, 5) is 22.1. The molecule has 2 heterocycles. The second kappa shape index (κ2) is 10.6. The molecule has 1 amide bonds. The first-order chi connectivity index (χ1) is 14.0. The molecule has 0 bridgehead atoms. The molecule has 0 unspecified atom stereocenters. The van der Waals surface area contributed by atoms with Gasteiger partial charge in [-0.1, -0.05) is 25.2 Å². The lowest BCUT2D eigenvalue weighted by Gasteiger charge is -2.24. The third kappa shape index (κ3) is 4.69. The summed E-state index contributed by atoms with van der Waals surface area (Å²) in [6, 6.07) is 5.40. The van der Waals surface area contributed by atoms with Crippen molar-refractivity contribution in [2.45, 2.75) is 13.8 Å². The first kappa shape index (κ1) is 23.9. The van der Waals surface area contributed by atoms with Crippen molar-refractivity contribution in [3.63, 3.8) is 0 Å². The van der Waals surface area contributed by atoms with Crippen LogP contribution in [0, 0.1) is 0 Å². The first-order valence-electron chi connectivity index (χ1n) is 9.57. The highest BCUT2D eigenvalue weighted by atomic mass is 35.5. The van der Waals surface area contributed by atoms with Crippen molar-refractivity contribution in [1.82, 2.24) is 19.7 Å². The molecule has 8 nitrogen and oxygen atoms in total. The molecule has 0 spiro atoms. The highest BCUT2D eigenvalue weighted by molar-refractivity contribution is 7.22. The Bertz CT molecular complexity index is 945. The molecule has 10 heteroatoms. The molecule has 0 aliphatic rings. The molecular weight excluding hydrogens is 426 g/mol. The van der Waals surface area contributed by atoms with Gasteiger partial charge in [-0.25, -0.2) is 4.98 Å². The first-order valence-corrected chi connectivity index (χ1v) is 10.4. The summed E-state index contributed by atoms with van der Waals surface area (Å²) >= 11 is 1.43. The summed E-state index contributed by atoms with van der Waals surface area (Å²) < 4.78 is 13.4. The number of hydrogen-bond donors (Lipinski definition) is 0. The SMILES string of the molecule is CCN(CC)CCN(C(=O)c1ccnn1C)c1nc2c(OC)ccc(OC)c2s1.Cl. The van der Waals surface area contributed by atoms with Gasteiger partial charge in [0, 0.05) is 26.3 Å². The number of anilines is 1. The van der Waals surface area contributed by atoms with E-state index in [9.17, 15) is 4.79 Å². The van der Waals surface area contributed by atoms with Crippen LogP contribution in [0.15, 0.2) is 24.4 Å². The van der Waals surface area contributed by atoms with Crippen molar-refractivity contribution >= 4 is 45.0 Å². The number of benzene rings is 1. The van der Waals surface area contributed by atoms with Crippen LogP contribution in [0.5, 0.6) is 11.5 Å². The molecule has 164 valence electrons. The molecule has 0 atom stereocenters. The van der Waals surface area contributed by atoms with Gasteiger partial charge in [0.05, 0.1) is 14.2 Å². The van der Waals surface area contributed by atoms with E-state index in [0.717, 1.165) is 24.3 Å². The number of thiazole rings is 1. The minimum absolute atomic E-state index is 0. The summed E-state index contributed by atoms with van der Waals surface area (Å²) in [5, 5.41) is 4.75. The standard InChI is InChI=1S/C20H27N5O3S.ClH/c1-6-24(7-2)12-13-25(19(26)14-10-11-21-23(14)3)20-22-17-15(27-4)8-9-16(28-5)18(17)29-20;/h8-11H,6-7,12-13H2,1-5H3;1H. The highest BCUT2D eigenvalue weighted by Crippen LogP contribution is 2.40. The lowest BCUT2D eigenvalue weighted by molar-refractivity contribution is 0.0974. The number of methoxy groups -OCH3 is 2. The molecule has 3 aromatic rings. The quantitative estimate of drug-likeness (QED) is 0.494. The molecule has 3 rings (SSSR count).